The molecule has 4 N–H and O–H groups in total. The summed E-state index contributed by atoms with van der Waals surface area (Å²) >= 11 is 0. The lowest BCUT2D eigenvalue weighted by Crippen LogP contribution is -2.53. The molecule has 0 aliphatic carbocycles. The van der Waals surface area contributed by atoms with Gasteiger partial charge in [0.2, 0.25) is 0 Å². The van der Waals surface area contributed by atoms with Gasteiger partial charge in [-0.1, -0.05) is 27.7 Å². The van der Waals surface area contributed by atoms with E-state index in [0.717, 1.165) is 30.4 Å². The number of nitrogens with two attached hydrogens (primary N) is 1. The van der Waals surface area contributed by atoms with Gasteiger partial charge in [-0.05, 0) is 71.3 Å². The van der Waals surface area contributed by atoms with Gasteiger partial charge in [-0.2, -0.15) is 0 Å². The summed E-state index contributed by atoms with van der Waals surface area (Å²) < 4.78 is 8.61. The zero-order chi connectivity index (χ0) is 28.7. The summed E-state index contributed by atoms with van der Waals surface area (Å²) in [5, 5.41) is 16.9. The Labute approximate surface area is 231 Å². The summed E-state index contributed by atoms with van der Waals surface area (Å²) in [6.45, 7) is 11.3. The number of piperidine rings is 1. The lowest BCUT2D eigenvalue weighted by atomic mass is 9.85. The number of nitrogen functional groups attached to an aromatic ring is 1. The molecule has 39 heavy (non-hydrogen) atoms. The van der Waals surface area contributed by atoms with Crippen molar-refractivity contribution in [2.45, 2.75) is 84.1 Å². The number of aromatic nitrogens is 3. The number of carbonyl (C=O) groups is 2. The summed E-state index contributed by atoms with van der Waals surface area (Å²) in [5.74, 6) is -1.41. The number of carboxylic acid groups (broad SMARTS) is 2. The van der Waals surface area contributed by atoms with Crippen molar-refractivity contribution in [3.63, 3.8) is 0 Å². The average Bonchev–Trinajstić information content (AvgIpc) is 3.62. The number of hydrogen-bond donors (Lipinski definition) is 3. The molecule has 5 heterocycles. The predicted molar refractivity (Wildman–Crippen MR) is 150 cm³/mol. The first-order valence-electron chi connectivity index (χ1n) is 14.0. The van der Waals surface area contributed by atoms with E-state index >= 15 is 0 Å². The number of anilines is 1. The van der Waals surface area contributed by atoms with Crippen molar-refractivity contribution < 1.29 is 24.5 Å². The minimum atomic E-state index is -0.741. The SMILES string of the molecule is CC(C)C(=O)O.CC(C)C(=O)O.CN1CCC2(CCCN2CC2CCC(n3ccc4c(N)ncnc43)O2)CC1. The van der Waals surface area contributed by atoms with E-state index in [9.17, 15) is 9.59 Å². The van der Waals surface area contributed by atoms with Gasteiger partial charge in [-0.25, -0.2) is 9.97 Å². The molecule has 1 spiro atoms. The second kappa shape index (κ2) is 13.5. The summed E-state index contributed by atoms with van der Waals surface area (Å²) in [6.07, 6.45) is 11.4. The van der Waals surface area contributed by atoms with Crippen LogP contribution in [-0.4, -0.2) is 91.4 Å². The Morgan fingerprint density at radius 1 is 1.05 bits per heavy atom. The van der Waals surface area contributed by atoms with Gasteiger partial charge >= 0.3 is 11.9 Å². The van der Waals surface area contributed by atoms with Crippen molar-refractivity contribution in [2.75, 3.05) is 39.0 Å². The Balaban J connectivity index is 0.000000296. The number of ether oxygens (including phenoxy) is 1. The van der Waals surface area contributed by atoms with Gasteiger partial charge in [0.1, 0.15) is 24.0 Å². The molecule has 3 fully saturated rings. The van der Waals surface area contributed by atoms with Crippen LogP contribution < -0.4 is 5.73 Å². The zero-order valence-electron chi connectivity index (χ0n) is 24.0. The van der Waals surface area contributed by atoms with Gasteiger partial charge in [-0.3, -0.25) is 14.5 Å². The van der Waals surface area contributed by atoms with E-state index in [1.165, 1.54) is 51.6 Å². The topological polar surface area (TPSA) is 147 Å². The summed E-state index contributed by atoms with van der Waals surface area (Å²) in [7, 11) is 2.24. The van der Waals surface area contributed by atoms with Gasteiger partial charge in [-0.15, -0.1) is 0 Å². The van der Waals surface area contributed by atoms with Gasteiger partial charge in [0.15, 0.2) is 0 Å². The van der Waals surface area contributed by atoms with Crippen LogP contribution in [0.3, 0.4) is 0 Å². The molecule has 3 saturated heterocycles. The summed E-state index contributed by atoms with van der Waals surface area (Å²) in [5.41, 5.74) is 7.28. The maximum absolute atomic E-state index is 9.70. The van der Waals surface area contributed by atoms with E-state index < -0.39 is 11.9 Å². The highest BCUT2D eigenvalue weighted by Gasteiger charge is 2.44. The molecule has 2 unspecified atom stereocenters. The maximum Gasteiger partial charge on any atom is 0.305 e. The van der Waals surface area contributed by atoms with E-state index in [0.29, 0.717) is 17.5 Å². The molecule has 0 bridgehead atoms. The van der Waals surface area contributed by atoms with Crippen molar-refractivity contribution in [3.05, 3.63) is 18.6 Å². The van der Waals surface area contributed by atoms with E-state index in [1.807, 2.05) is 12.3 Å². The number of likely N-dealkylation sites (tertiary alicyclic amines) is 2. The summed E-state index contributed by atoms with van der Waals surface area (Å²) in [4.78, 5) is 33.1. The van der Waals surface area contributed by atoms with Crippen LogP contribution in [0.4, 0.5) is 5.82 Å². The largest absolute Gasteiger partial charge is 0.481 e. The van der Waals surface area contributed by atoms with Crippen LogP contribution >= 0.6 is 0 Å². The molecule has 3 aliphatic heterocycles. The monoisotopic (exact) mass is 546 g/mol. The van der Waals surface area contributed by atoms with Crippen LogP contribution in [0.2, 0.25) is 0 Å². The quantitative estimate of drug-likeness (QED) is 0.507. The van der Waals surface area contributed by atoms with Crippen LogP contribution in [0.1, 0.15) is 72.4 Å². The molecule has 0 aromatic carbocycles. The van der Waals surface area contributed by atoms with Gasteiger partial charge < -0.3 is 30.2 Å². The molecular formula is C28H46N6O5. The summed E-state index contributed by atoms with van der Waals surface area (Å²) in [6, 6.07) is 2.00. The molecule has 2 aromatic rings. The zero-order valence-corrected chi connectivity index (χ0v) is 24.0. The molecule has 3 aliphatic rings. The Morgan fingerprint density at radius 3 is 2.26 bits per heavy atom. The highest BCUT2D eigenvalue weighted by molar-refractivity contribution is 5.86. The van der Waals surface area contributed by atoms with Crippen LogP contribution in [0.15, 0.2) is 18.6 Å². The third-order valence-electron chi connectivity index (χ3n) is 8.01. The first kappa shape index (κ1) is 30.8. The highest BCUT2D eigenvalue weighted by atomic mass is 16.5. The lowest BCUT2D eigenvalue weighted by molar-refractivity contribution is -0.141. The molecular weight excluding hydrogens is 500 g/mol. The van der Waals surface area contributed by atoms with Crippen LogP contribution in [0.5, 0.6) is 0 Å². The van der Waals surface area contributed by atoms with Crippen molar-refractivity contribution in [1.82, 2.24) is 24.3 Å². The fraction of sp³-hybridized carbons (Fsp3) is 0.714. The highest BCUT2D eigenvalue weighted by Crippen LogP contribution is 2.40. The van der Waals surface area contributed by atoms with Crippen molar-refractivity contribution in [1.29, 1.82) is 0 Å². The number of carboxylic acids is 2. The van der Waals surface area contributed by atoms with Crippen molar-refractivity contribution in [3.8, 4) is 0 Å². The Hall–Kier alpha value is -2.76. The Morgan fingerprint density at radius 2 is 1.67 bits per heavy atom. The van der Waals surface area contributed by atoms with E-state index in [-0.39, 0.29) is 18.1 Å². The first-order valence-corrected chi connectivity index (χ1v) is 14.0. The number of aliphatic carboxylic acids is 2. The fourth-order valence-electron chi connectivity index (χ4n) is 5.37. The standard InChI is InChI=1S/C20H30N6O.2C4H8O2/c1-24-11-7-20(8-12-24)6-2-9-25(20)13-15-3-4-17(27-15)26-10-5-16-18(21)22-14-23-19(16)26;2*1-3(2)4(5)6/h5,10,14-15,17H,2-4,6-9,11-13H2,1H3,(H2,21,22,23);2*3H,1-2H3,(H,5,6). The molecule has 0 saturated carbocycles. The van der Waals surface area contributed by atoms with Crippen LogP contribution in [-0.2, 0) is 14.3 Å². The molecule has 11 nitrogen and oxygen atoms in total. The predicted octanol–water partition coefficient (Wildman–Crippen LogP) is 3.71. The van der Waals surface area contributed by atoms with Gasteiger partial charge in [0.25, 0.3) is 0 Å². The second-order valence-electron chi connectivity index (χ2n) is 11.6. The molecule has 5 rings (SSSR count). The molecule has 0 amide bonds. The van der Waals surface area contributed by atoms with Crippen molar-refractivity contribution >= 4 is 28.8 Å². The minimum Gasteiger partial charge on any atom is -0.481 e. The average molecular weight is 547 g/mol. The Bertz CT molecular complexity index is 1080. The molecule has 11 heteroatoms. The second-order valence-corrected chi connectivity index (χ2v) is 11.6. The van der Waals surface area contributed by atoms with E-state index in [2.05, 4.69) is 31.4 Å². The fourth-order valence-corrected chi connectivity index (χ4v) is 5.37. The smallest absolute Gasteiger partial charge is 0.305 e. The van der Waals surface area contributed by atoms with Gasteiger partial charge in [0, 0.05) is 18.3 Å². The third kappa shape index (κ3) is 7.89. The molecule has 0 radical (unpaired) electrons. The third-order valence-corrected chi connectivity index (χ3v) is 8.01. The first-order chi connectivity index (χ1) is 18.4. The minimum absolute atomic E-state index is 0.0536. The molecule has 2 aromatic heterocycles. The Kier molecular flexibility index (Phi) is 10.7. The van der Waals surface area contributed by atoms with Gasteiger partial charge in [0.05, 0.1) is 23.3 Å². The molecule has 2 atom stereocenters. The number of fused-ring (bicyclic) bond motifs is 1. The number of hydrogen-bond acceptors (Lipinski definition) is 8. The van der Waals surface area contributed by atoms with E-state index in [4.69, 9.17) is 20.7 Å². The number of nitrogens with zero attached hydrogens (tertiary/aromatic N) is 5. The normalized spacial score (nSPS) is 23.1. The number of rotatable bonds is 5. The maximum atomic E-state index is 9.70. The van der Waals surface area contributed by atoms with Crippen molar-refractivity contribution in [2.24, 2.45) is 11.8 Å². The van der Waals surface area contributed by atoms with E-state index in [1.54, 1.807) is 27.7 Å². The molecule has 218 valence electrons. The van der Waals surface area contributed by atoms with Crippen LogP contribution in [0.25, 0.3) is 11.0 Å². The lowest BCUT2D eigenvalue weighted by Gasteiger charge is -2.45. The van der Waals surface area contributed by atoms with Crippen LogP contribution in [0, 0.1) is 11.8 Å².